The van der Waals surface area contributed by atoms with Crippen molar-refractivity contribution in [3.63, 3.8) is 0 Å². The molecule has 118 valence electrons. The van der Waals surface area contributed by atoms with Crippen LogP contribution >= 0.6 is 12.2 Å². The second-order valence-electron chi connectivity index (χ2n) is 4.44. The van der Waals surface area contributed by atoms with E-state index in [9.17, 15) is 14.7 Å². The van der Waals surface area contributed by atoms with Gasteiger partial charge in [-0.1, -0.05) is 30.3 Å². The molecule has 0 spiro atoms. The van der Waals surface area contributed by atoms with Gasteiger partial charge in [-0.25, -0.2) is 0 Å². The predicted octanol–water partition coefficient (Wildman–Crippen LogP) is 1.19. The topological polar surface area (TPSA) is 90.5 Å². The predicted molar refractivity (Wildman–Crippen MR) is 87.5 cm³/mol. The number of nitrogens with one attached hydrogen (secondary N) is 2. The van der Waals surface area contributed by atoms with E-state index in [0.29, 0.717) is 11.3 Å². The van der Waals surface area contributed by atoms with Crippen LogP contribution in [0, 0.1) is 0 Å². The third-order valence-electron chi connectivity index (χ3n) is 2.97. The number of carboxylic acid groups (broad SMARTS) is 1. The fourth-order valence-electron chi connectivity index (χ4n) is 1.93. The molecule has 0 fully saturated rings. The van der Waals surface area contributed by atoms with Gasteiger partial charge in [0, 0.05) is 11.3 Å². The second-order valence-corrected chi connectivity index (χ2v) is 4.85. The number of anilines is 1. The van der Waals surface area contributed by atoms with Crippen LogP contribution in [-0.2, 0) is 0 Å². The number of amides is 1. The summed E-state index contributed by atoms with van der Waals surface area (Å²) in [5, 5.41) is 16.1. The fourth-order valence-corrected chi connectivity index (χ4v) is 2.13. The summed E-state index contributed by atoms with van der Waals surface area (Å²) in [6.07, 6.45) is 0. The Hall–Kier alpha value is -2.93. The van der Waals surface area contributed by atoms with Crippen molar-refractivity contribution >= 4 is 34.9 Å². The van der Waals surface area contributed by atoms with E-state index in [2.05, 4.69) is 10.6 Å². The molecule has 6 nitrogen and oxygen atoms in total. The van der Waals surface area contributed by atoms with Gasteiger partial charge in [-0.3, -0.25) is 10.1 Å². The van der Waals surface area contributed by atoms with E-state index < -0.39 is 11.9 Å². The molecule has 23 heavy (non-hydrogen) atoms. The molecule has 0 bridgehead atoms. The Balaban J connectivity index is 2.11. The lowest BCUT2D eigenvalue weighted by molar-refractivity contribution is -0.254. The number of carbonyl (C=O) groups excluding carboxylic acids is 2. The number of carbonyl (C=O) groups is 2. The van der Waals surface area contributed by atoms with Crippen molar-refractivity contribution in [3.05, 3.63) is 59.7 Å². The van der Waals surface area contributed by atoms with E-state index in [1.54, 1.807) is 36.4 Å². The first-order valence-electron chi connectivity index (χ1n) is 6.58. The molecule has 0 radical (unpaired) electrons. The Morgan fingerprint density at radius 2 is 1.65 bits per heavy atom. The van der Waals surface area contributed by atoms with Crippen LogP contribution in [0.3, 0.4) is 0 Å². The number of rotatable bonds is 4. The lowest BCUT2D eigenvalue weighted by Crippen LogP contribution is -2.35. The summed E-state index contributed by atoms with van der Waals surface area (Å²) in [5.41, 5.74) is 0.492. The van der Waals surface area contributed by atoms with E-state index in [4.69, 9.17) is 17.0 Å². The summed E-state index contributed by atoms with van der Waals surface area (Å²) >= 11 is 5.04. The van der Waals surface area contributed by atoms with Crippen molar-refractivity contribution in [1.29, 1.82) is 0 Å². The zero-order valence-electron chi connectivity index (χ0n) is 12.2. The van der Waals surface area contributed by atoms with Gasteiger partial charge in [0.15, 0.2) is 5.11 Å². The standard InChI is InChI=1S/C16H14N2O4S/c1-22-13-9-5-3-7-11(13)14(19)18-16(23)17-12-8-4-2-6-10(12)15(20)21/h2-9H,1H3,(H,20,21)(H2,17,18,19,23)/p-1. The maximum Gasteiger partial charge on any atom is 0.261 e. The maximum atomic E-state index is 12.2. The van der Waals surface area contributed by atoms with Crippen LogP contribution in [0.2, 0.25) is 0 Å². The van der Waals surface area contributed by atoms with Crippen molar-refractivity contribution in [2.24, 2.45) is 0 Å². The number of thiocarbonyl (C=S) groups is 1. The highest BCUT2D eigenvalue weighted by Gasteiger charge is 2.13. The van der Waals surface area contributed by atoms with E-state index in [1.165, 1.54) is 19.2 Å². The molecule has 1 amide bonds. The van der Waals surface area contributed by atoms with Crippen molar-refractivity contribution in [1.82, 2.24) is 5.32 Å². The molecule has 2 N–H and O–H groups in total. The Bertz CT molecular complexity index is 761. The lowest BCUT2D eigenvalue weighted by Gasteiger charge is -2.14. The summed E-state index contributed by atoms with van der Waals surface area (Å²) in [6.45, 7) is 0. The first-order chi connectivity index (χ1) is 11.0. The van der Waals surface area contributed by atoms with Crippen molar-refractivity contribution in [2.45, 2.75) is 0 Å². The number of para-hydroxylation sites is 2. The summed E-state index contributed by atoms with van der Waals surface area (Å²) in [4.78, 5) is 23.2. The van der Waals surface area contributed by atoms with Gasteiger partial charge in [-0.15, -0.1) is 0 Å². The minimum atomic E-state index is -1.34. The van der Waals surface area contributed by atoms with Gasteiger partial charge < -0.3 is 20.0 Å². The van der Waals surface area contributed by atoms with Crippen molar-refractivity contribution in [3.8, 4) is 5.75 Å². The van der Waals surface area contributed by atoms with E-state index in [0.717, 1.165) is 0 Å². The molecular formula is C16H13N2O4S-. The lowest BCUT2D eigenvalue weighted by atomic mass is 10.2. The average Bonchev–Trinajstić information content (AvgIpc) is 2.54. The molecule has 7 heteroatoms. The minimum absolute atomic E-state index is 0.0328. The third-order valence-corrected chi connectivity index (χ3v) is 3.18. The molecule has 0 atom stereocenters. The largest absolute Gasteiger partial charge is 0.545 e. The number of hydrogen-bond donors (Lipinski definition) is 2. The SMILES string of the molecule is COc1ccccc1C(=O)NC(=S)Nc1ccccc1C(=O)[O-]. The van der Waals surface area contributed by atoms with Crippen LogP contribution in [0.15, 0.2) is 48.5 Å². The Kier molecular flexibility index (Phi) is 5.27. The van der Waals surface area contributed by atoms with Gasteiger partial charge in [0.25, 0.3) is 5.91 Å². The molecule has 2 rings (SSSR count). The zero-order valence-corrected chi connectivity index (χ0v) is 13.0. The quantitative estimate of drug-likeness (QED) is 0.819. The summed E-state index contributed by atoms with van der Waals surface area (Å²) < 4.78 is 5.11. The number of hydrogen-bond acceptors (Lipinski definition) is 5. The van der Waals surface area contributed by atoms with Gasteiger partial charge in [0.05, 0.1) is 18.6 Å². The second kappa shape index (κ2) is 7.37. The first kappa shape index (κ1) is 16.4. The van der Waals surface area contributed by atoms with Gasteiger partial charge in [0.1, 0.15) is 5.75 Å². The van der Waals surface area contributed by atoms with Crippen LogP contribution < -0.4 is 20.5 Å². The van der Waals surface area contributed by atoms with E-state index >= 15 is 0 Å². The number of ether oxygens (including phenoxy) is 1. The van der Waals surface area contributed by atoms with Crippen molar-refractivity contribution in [2.75, 3.05) is 12.4 Å². The summed E-state index contributed by atoms with van der Waals surface area (Å²) in [7, 11) is 1.46. The molecule has 2 aromatic rings. The molecule has 0 heterocycles. The van der Waals surface area contributed by atoms with Crippen LogP contribution in [0.5, 0.6) is 5.75 Å². The molecule has 0 aliphatic rings. The highest BCUT2D eigenvalue weighted by Crippen LogP contribution is 2.17. The van der Waals surface area contributed by atoms with Gasteiger partial charge in [-0.05, 0) is 30.4 Å². The van der Waals surface area contributed by atoms with Crippen LogP contribution in [0.1, 0.15) is 20.7 Å². The number of aromatic carboxylic acids is 1. The fraction of sp³-hybridized carbons (Fsp3) is 0.0625. The Labute approximate surface area is 138 Å². The van der Waals surface area contributed by atoms with Gasteiger partial charge >= 0.3 is 0 Å². The molecule has 0 aliphatic heterocycles. The van der Waals surface area contributed by atoms with Crippen LogP contribution in [0.4, 0.5) is 5.69 Å². The van der Waals surface area contributed by atoms with Crippen molar-refractivity contribution < 1.29 is 19.4 Å². The number of methoxy groups -OCH3 is 1. The molecular weight excluding hydrogens is 316 g/mol. The van der Waals surface area contributed by atoms with E-state index in [1.807, 2.05) is 0 Å². The number of benzene rings is 2. The highest BCUT2D eigenvalue weighted by molar-refractivity contribution is 7.80. The van der Waals surface area contributed by atoms with Gasteiger partial charge in [0.2, 0.25) is 0 Å². The van der Waals surface area contributed by atoms with E-state index in [-0.39, 0.29) is 16.4 Å². The first-order valence-corrected chi connectivity index (χ1v) is 6.99. The highest BCUT2D eigenvalue weighted by atomic mass is 32.1. The Morgan fingerprint density at radius 1 is 1.04 bits per heavy atom. The molecule has 0 aliphatic carbocycles. The normalized spacial score (nSPS) is 9.78. The molecule has 0 unspecified atom stereocenters. The summed E-state index contributed by atoms with van der Waals surface area (Å²) in [6, 6.07) is 12.8. The summed E-state index contributed by atoms with van der Waals surface area (Å²) in [5.74, 6) is -1.40. The smallest absolute Gasteiger partial charge is 0.261 e. The van der Waals surface area contributed by atoms with Crippen LogP contribution in [-0.4, -0.2) is 24.1 Å². The Morgan fingerprint density at radius 3 is 2.30 bits per heavy atom. The minimum Gasteiger partial charge on any atom is -0.545 e. The average molecular weight is 329 g/mol. The molecule has 0 aromatic heterocycles. The molecule has 0 saturated heterocycles. The van der Waals surface area contributed by atoms with Gasteiger partial charge in [-0.2, -0.15) is 0 Å². The molecule has 0 saturated carbocycles. The molecule has 2 aromatic carbocycles. The monoisotopic (exact) mass is 329 g/mol. The maximum absolute atomic E-state index is 12.2. The number of carboxylic acids is 1. The van der Waals surface area contributed by atoms with Crippen LogP contribution in [0.25, 0.3) is 0 Å². The zero-order chi connectivity index (χ0) is 16.8. The third kappa shape index (κ3) is 4.04.